The number of benzene rings is 2. The molecule has 0 heterocycles. The quantitative estimate of drug-likeness (QED) is 0.709. The van der Waals surface area contributed by atoms with E-state index in [0.717, 1.165) is 10.9 Å². The van der Waals surface area contributed by atoms with Crippen molar-refractivity contribution in [2.24, 2.45) is 0 Å². The maximum absolute atomic E-state index is 11.8. The summed E-state index contributed by atoms with van der Waals surface area (Å²) in [7, 11) is 0. The monoisotopic (exact) mass is 238 g/mol. The van der Waals surface area contributed by atoms with Gasteiger partial charge in [-0.2, -0.15) is 0 Å². The van der Waals surface area contributed by atoms with E-state index < -0.39 is 0 Å². The van der Waals surface area contributed by atoms with Gasteiger partial charge in [0.05, 0.1) is 0 Å². The topological polar surface area (TPSA) is 17.1 Å². The zero-order chi connectivity index (χ0) is 12.9. The van der Waals surface area contributed by atoms with E-state index in [9.17, 15) is 4.79 Å². The van der Waals surface area contributed by atoms with E-state index in [1.54, 1.807) is 6.92 Å². The van der Waals surface area contributed by atoms with Crippen molar-refractivity contribution in [3.8, 4) is 0 Å². The second-order valence-electron chi connectivity index (χ2n) is 5.78. The van der Waals surface area contributed by atoms with Gasteiger partial charge >= 0.3 is 0 Å². The number of hydrogen-bond donors (Lipinski definition) is 0. The van der Waals surface area contributed by atoms with E-state index in [4.69, 9.17) is 0 Å². The number of Topliss-reactive ketones (excluding diaryl/α,β-unsaturated/α-hetero) is 1. The van der Waals surface area contributed by atoms with Crippen molar-refractivity contribution in [3.63, 3.8) is 0 Å². The van der Waals surface area contributed by atoms with Gasteiger partial charge in [0.25, 0.3) is 0 Å². The van der Waals surface area contributed by atoms with Gasteiger partial charge in [0, 0.05) is 5.56 Å². The predicted octanol–water partition coefficient (Wildman–Crippen LogP) is 4.40. The van der Waals surface area contributed by atoms with Crippen LogP contribution in [-0.4, -0.2) is 5.78 Å². The van der Waals surface area contributed by atoms with Crippen LogP contribution in [0.1, 0.15) is 48.2 Å². The molecule has 1 fully saturated rings. The second kappa shape index (κ2) is 3.68. The lowest BCUT2D eigenvalue weighted by Gasteiger charge is -2.16. The molecule has 0 amide bonds. The van der Waals surface area contributed by atoms with Crippen LogP contribution in [0.3, 0.4) is 0 Å². The van der Waals surface area contributed by atoms with Crippen molar-refractivity contribution >= 4 is 16.6 Å². The summed E-state index contributed by atoms with van der Waals surface area (Å²) in [6.07, 6.45) is 2.52. The highest BCUT2D eigenvalue weighted by Crippen LogP contribution is 2.50. The molecule has 0 spiro atoms. The van der Waals surface area contributed by atoms with E-state index in [0.29, 0.717) is 5.41 Å². The zero-order valence-corrected chi connectivity index (χ0v) is 11.2. The minimum absolute atomic E-state index is 0.154. The predicted molar refractivity (Wildman–Crippen MR) is 75.3 cm³/mol. The molecule has 1 nitrogen and oxygen atoms in total. The average Bonchev–Trinajstić information content (AvgIpc) is 3.08. The third-order valence-electron chi connectivity index (χ3n) is 4.28. The van der Waals surface area contributed by atoms with Crippen LogP contribution >= 0.6 is 0 Å². The molecular formula is C17H18O. The summed E-state index contributed by atoms with van der Waals surface area (Å²) < 4.78 is 0. The van der Waals surface area contributed by atoms with Crippen molar-refractivity contribution in [1.82, 2.24) is 0 Å². The fourth-order valence-corrected chi connectivity index (χ4v) is 2.86. The summed E-state index contributed by atoms with van der Waals surface area (Å²) in [5.74, 6) is 0.154. The Labute approximate surface area is 108 Å². The summed E-state index contributed by atoms with van der Waals surface area (Å²) in [5.41, 5.74) is 3.80. The van der Waals surface area contributed by atoms with Crippen LogP contribution in [0, 0.1) is 6.92 Å². The molecule has 0 atom stereocenters. The summed E-state index contributed by atoms with van der Waals surface area (Å²) in [6, 6.07) is 10.5. The highest BCUT2D eigenvalue weighted by atomic mass is 16.1. The van der Waals surface area contributed by atoms with Gasteiger partial charge in [-0.15, -0.1) is 0 Å². The molecule has 1 saturated carbocycles. The van der Waals surface area contributed by atoms with E-state index >= 15 is 0 Å². The maximum Gasteiger partial charge on any atom is 0.160 e. The third kappa shape index (κ3) is 1.58. The van der Waals surface area contributed by atoms with Crippen LogP contribution in [0.2, 0.25) is 0 Å². The number of hydrogen-bond acceptors (Lipinski definition) is 1. The Kier molecular flexibility index (Phi) is 2.34. The van der Waals surface area contributed by atoms with Crippen molar-refractivity contribution < 1.29 is 4.79 Å². The van der Waals surface area contributed by atoms with Crippen molar-refractivity contribution in [1.29, 1.82) is 0 Å². The van der Waals surface area contributed by atoms with Gasteiger partial charge in [0.2, 0.25) is 0 Å². The SMILES string of the molecule is CC(=O)c1cccc2c(C3(C)CC3)ccc(C)c12. The van der Waals surface area contributed by atoms with E-state index in [1.165, 1.54) is 29.4 Å². The smallest absolute Gasteiger partial charge is 0.160 e. The molecule has 2 aromatic rings. The molecule has 0 radical (unpaired) electrons. The lowest BCUT2D eigenvalue weighted by atomic mass is 9.88. The van der Waals surface area contributed by atoms with Gasteiger partial charge in [-0.25, -0.2) is 0 Å². The number of fused-ring (bicyclic) bond motifs is 1. The summed E-state index contributed by atoms with van der Waals surface area (Å²) in [4.78, 5) is 11.8. The fraction of sp³-hybridized carbons (Fsp3) is 0.353. The average molecular weight is 238 g/mol. The molecular weight excluding hydrogens is 220 g/mol. The van der Waals surface area contributed by atoms with Gasteiger partial charge in [-0.05, 0) is 54.0 Å². The molecule has 3 rings (SSSR count). The van der Waals surface area contributed by atoms with Gasteiger partial charge in [-0.3, -0.25) is 4.79 Å². The third-order valence-corrected chi connectivity index (χ3v) is 4.28. The molecule has 0 saturated heterocycles. The van der Waals surface area contributed by atoms with Crippen molar-refractivity contribution in [2.75, 3.05) is 0 Å². The largest absolute Gasteiger partial charge is 0.294 e. The summed E-state index contributed by atoms with van der Waals surface area (Å²) >= 11 is 0. The Morgan fingerprint density at radius 3 is 2.50 bits per heavy atom. The molecule has 0 aromatic heterocycles. The summed E-state index contributed by atoms with van der Waals surface area (Å²) in [5, 5.41) is 2.42. The minimum Gasteiger partial charge on any atom is -0.294 e. The van der Waals surface area contributed by atoms with Crippen LogP contribution in [0.15, 0.2) is 30.3 Å². The Bertz CT molecular complexity index is 648. The first-order chi connectivity index (χ1) is 8.53. The lowest BCUT2D eigenvalue weighted by Crippen LogP contribution is -2.03. The highest BCUT2D eigenvalue weighted by Gasteiger charge is 2.40. The Morgan fingerprint density at radius 1 is 1.17 bits per heavy atom. The molecule has 0 N–H and O–H groups in total. The molecule has 1 aliphatic carbocycles. The normalized spacial score (nSPS) is 16.8. The molecule has 1 aliphatic rings. The fourth-order valence-electron chi connectivity index (χ4n) is 2.86. The standard InChI is InChI=1S/C17H18O/c1-11-7-8-15(17(3)9-10-17)14-6-4-5-13(12(2)18)16(11)14/h4-8H,9-10H2,1-3H3. The first-order valence-corrected chi connectivity index (χ1v) is 6.57. The van der Waals surface area contributed by atoms with Crippen LogP contribution < -0.4 is 0 Å². The Morgan fingerprint density at radius 2 is 1.89 bits per heavy atom. The van der Waals surface area contributed by atoms with Crippen LogP contribution in [-0.2, 0) is 5.41 Å². The molecule has 92 valence electrons. The van der Waals surface area contributed by atoms with Crippen molar-refractivity contribution in [3.05, 3.63) is 47.0 Å². The molecule has 0 aliphatic heterocycles. The minimum atomic E-state index is 0.154. The molecule has 18 heavy (non-hydrogen) atoms. The van der Waals surface area contributed by atoms with Crippen LogP contribution in [0.25, 0.3) is 10.8 Å². The first-order valence-electron chi connectivity index (χ1n) is 6.57. The van der Waals surface area contributed by atoms with Gasteiger partial charge in [0.15, 0.2) is 5.78 Å². The Balaban J connectivity index is 2.40. The number of carbonyl (C=O) groups excluding carboxylic acids is 1. The number of aryl methyl sites for hydroxylation is 1. The van der Waals surface area contributed by atoms with Gasteiger partial charge in [-0.1, -0.05) is 37.3 Å². The highest BCUT2D eigenvalue weighted by molar-refractivity contribution is 6.09. The molecule has 0 unspecified atom stereocenters. The van der Waals surface area contributed by atoms with E-state index in [2.05, 4.69) is 32.0 Å². The van der Waals surface area contributed by atoms with Crippen molar-refractivity contribution in [2.45, 2.75) is 39.0 Å². The molecule has 2 aromatic carbocycles. The molecule has 1 heteroatoms. The number of ketones is 1. The van der Waals surface area contributed by atoms with E-state index in [-0.39, 0.29) is 5.78 Å². The number of rotatable bonds is 2. The van der Waals surface area contributed by atoms with Crippen LogP contribution in [0.5, 0.6) is 0 Å². The number of carbonyl (C=O) groups is 1. The lowest BCUT2D eigenvalue weighted by molar-refractivity contribution is 0.101. The van der Waals surface area contributed by atoms with Gasteiger partial charge < -0.3 is 0 Å². The van der Waals surface area contributed by atoms with Crippen LogP contribution in [0.4, 0.5) is 0 Å². The van der Waals surface area contributed by atoms with Gasteiger partial charge in [0.1, 0.15) is 0 Å². The zero-order valence-electron chi connectivity index (χ0n) is 11.2. The Hall–Kier alpha value is -1.63. The first kappa shape index (κ1) is 11.5. The second-order valence-corrected chi connectivity index (χ2v) is 5.78. The molecule has 0 bridgehead atoms. The maximum atomic E-state index is 11.8. The summed E-state index contributed by atoms with van der Waals surface area (Å²) in [6.45, 7) is 6.06. The van der Waals surface area contributed by atoms with E-state index in [1.807, 2.05) is 12.1 Å².